The number of benzene rings is 1. The molecule has 0 spiro atoms. The predicted molar refractivity (Wildman–Crippen MR) is 105 cm³/mol. The normalized spacial score (nSPS) is 15.8. The topological polar surface area (TPSA) is 122 Å². The highest BCUT2D eigenvalue weighted by atomic mass is 32.2. The lowest BCUT2D eigenvalue weighted by atomic mass is 10.1. The Kier molecular flexibility index (Phi) is 6.33. The van der Waals surface area contributed by atoms with Gasteiger partial charge in [0.1, 0.15) is 10.6 Å². The quantitative estimate of drug-likeness (QED) is 0.719. The average molecular weight is 420 g/mol. The van der Waals surface area contributed by atoms with E-state index in [0.29, 0.717) is 24.1 Å². The molecule has 9 nitrogen and oxygen atoms in total. The van der Waals surface area contributed by atoms with Gasteiger partial charge >= 0.3 is 0 Å². The maximum absolute atomic E-state index is 12.8. The van der Waals surface area contributed by atoms with E-state index in [1.807, 2.05) is 6.07 Å². The Morgan fingerprint density at radius 3 is 2.41 bits per heavy atom. The third-order valence-electron chi connectivity index (χ3n) is 4.83. The number of aryl methyl sites for hydroxylation is 2. The summed E-state index contributed by atoms with van der Waals surface area (Å²) in [5.74, 6) is -0.352. The van der Waals surface area contributed by atoms with E-state index in [-0.39, 0.29) is 48.1 Å². The van der Waals surface area contributed by atoms with Gasteiger partial charge in [0.2, 0.25) is 15.9 Å². The molecule has 2 heterocycles. The van der Waals surface area contributed by atoms with Gasteiger partial charge in [0.05, 0.1) is 6.54 Å². The zero-order valence-electron chi connectivity index (χ0n) is 16.3. The van der Waals surface area contributed by atoms with Crippen molar-refractivity contribution in [2.24, 2.45) is 0 Å². The molecular formula is C19H24N4O5S. The van der Waals surface area contributed by atoms with Gasteiger partial charge in [-0.25, -0.2) is 8.42 Å². The van der Waals surface area contributed by atoms with Crippen LogP contribution in [0, 0.1) is 13.8 Å². The third kappa shape index (κ3) is 4.83. The van der Waals surface area contributed by atoms with Crippen LogP contribution in [0.3, 0.4) is 0 Å². The van der Waals surface area contributed by atoms with Gasteiger partial charge in [-0.3, -0.25) is 9.59 Å². The lowest BCUT2D eigenvalue weighted by Crippen LogP contribution is -2.48. The van der Waals surface area contributed by atoms with Crippen molar-refractivity contribution in [2.75, 3.05) is 19.6 Å². The van der Waals surface area contributed by atoms with E-state index in [1.54, 1.807) is 38.1 Å². The fourth-order valence-corrected chi connectivity index (χ4v) is 5.10. The minimum atomic E-state index is -3.68. The molecule has 156 valence electrons. The summed E-state index contributed by atoms with van der Waals surface area (Å²) in [7, 11) is -3.68. The van der Waals surface area contributed by atoms with E-state index in [1.165, 1.54) is 4.31 Å². The Labute approximate surface area is 169 Å². The van der Waals surface area contributed by atoms with Crippen molar-refractivity contribution in [2.45, 2.75) is 37.6 Å². The molecule has 10 heteroatoms. The van der Waals surface area contributed by atoms with E-state index < -0.39 is 10.0 Å². The Bertz CT molecular complexity index is 960. The summed E-state index contributed by atoms with van der Waals surface area (Å²) in [5, 5.41) is 9.14. The molecule has 1 fully saturated rings. The molecule has 1 saturated heterocycles. The van der Waals surface area contributed by atoms with Gasteiger partial charge in [-0.15, -0.1) is 0 Å². The van der Waals surface area contributed by atoms with Gasteiger partial charge in [-0.05, 0) is 38.8 Å². The summed E-state index contributed by atoms with van der Waals surface area (Å²) in [6.45, 7) is 3.61. The van der Waals surface area contributed by atoms with Crippen LogP contribution in [0.5, 0.6) is 0 Å². The molecule has 0 unspecified atom stereocenters. The minimum Gasteiger partial charge on any atom is -0.360 e. The minimum absolute atomic E-state index is 0.114. The molecule has 0 aliphatic carbocycles. The number of hydrogen-bond acceptors (Lipinski definition) is 6. The first-order chi connectivity index (χ1) is 13.8. The maximum atomic E-state index is 12.8. The first kappa shape index (κ1) is 21.0. The van der Waals surface area contributed by atoms with E-state index in [4.69, 9.17) is 4.52 Å². The largest absolute Gasteiger partial charge is 0.360 e. The fraction of sp³-hybridized carbons (Fsp3) is 0.421. The molecule has 2 amide bonds. The van der Waals surface area contributed by atoms with Gasteiger partial charge in [-0.1, -0.05) is 23.4 Å². The Balaban J connectivity index is 1.48. The van der Waals surface area contributed by atoms with Crippen LogP contribution in [-0.4, -0.2) is 55.4 Å². The Morgan fingerprint density at radius 1 is 1.17 bits per heavy atom. The lowest BCUT2D eigenvalue weighted by Gasteiger charge is -2.31. The number of nitrogens with zero attached hydrogens (tertiary/aromatic N) is 2. The van der Waals surface area contributed by atoms with Crippen molar-refractivity contribution in [1.82, 2.24) is 20.1 Å². The van der Waals surface area contributed by atoms with E-state index in [0.717, 1.165) is 0 Å². The number of aromatic nitrogens is 1. The Hall–Kier alpha value is -2.72. The van der Waals surface area contributed by atoms with Crippen LogP contribution in [0.1, 0.15) is 34.7 Å². The predicted octanol–water partition coefficient (Wildman–Crippen LogP) is 0.991. The number of piperidine rings is 1. The van der Waals surface area contributed by atoms with Crippen LogP contribution in [0.15, 0.2) is 39.8 Å². The molecule has 1 aliphatic rings. The highest BCUT2D eigenvalue weighted by Crippen LogP contribution is 2.25. The first-order valence-corrected chi connectivity index (χ1v) is 10.8. The summed E-state index contributed by atoms with van der Waals surface area (Å²) in [4.78, 5) is 24.2. The summed E-state index contributed by atoms with van der Waals surface area (Å²) >= 11 is 0. The van der Waals surface area contributed by atoms with Gasteiger partial charge in [0.25, 0.3) is 5.91 Å². The SMILES string of the molecule is Cc1noc(C)c1S(=O)(=O)N1CCC(NC(=O)CNC(=O)c2ccccc2)CC1. The van der Waals surface area contributed by atoms with Crippen molar-refractivity contribution >= 4 is 21.8 Å². The summed E-state index contributed by atoms with van der Waals surface area (Å²) in [6.07, 6.45) is 0.974. The standard InChI is InChI=1S/C19H24N4O5S/c1-13-18(14(2)28-22-13)29(26,27)23-10-8-16(9-11-23)21-17(24)12-20-19(25)15-6-4-3-5-7-15/h3-7,16H,8-12H2,1-2H3,(H,20,25)(H,21,24). The number of amides is 2. The van der Waals surface area contributed by atoms with Crippen LogP contribution in [0.2, 0.25) is 0 Å². The van der Waals surface area contributed by atoms with Crippen LogP contribution >= 0.6 is 0 Å². The summed E-state index contributed by atoms with van der Waals surface area (Å²) < 4.78 is 32.0. The van der Waals surface area contributed by atoms with E-state index in [2.05, 4.69) is 15.8 Å². The fourth-order valence-electron chi connectivity index (χ4n) is 3.34. The van der Waals surface area contributed by atoms with Crippen molar-refractivity contribution in [3.8, 4) is 0 Å². The molecule has 29 heavy (non-hydrogen) atoms. The smallest absolute Gasteiger partial charge is 0.251 e. The molecule has 1 aromatic heterocycles. The molecule has 3 rings (SSSR count). The van der Waals surface area contributed by atoms with Crippen LogP contribution in [-0.2, 0) is 14.8 Å². The van der Waals surface area contributed by atoms with Gasteiger partial charge < -0.3 is 15.2 Å². The monoisotopic (exact) mass is 420 g/mol. The highest BCUT2D eigenvalue weighted by molar-refractivity contribution is 7.89. The van der Waals surface area contributed by atoms with E-state index in [9.17, 15) is 18.0 Å². The molecule has 0 radical (unpaired) electrons. The molecule has 0 saturated carbocycles. The zero-order valence-corrected chi connectivity index (χ0v) is 17.2. The lowest BCUT2D eigenvalue weighted by molar-refractivity contribution is -0.121. The number of rotatable bonds is 6. The second-order valence-electron chi connectivity index (χ2n) is 6.95. The first-order valence-electron chi connectivity index (χ1n) is 9.34. The number of hydrogen-bond donors (Lipinski definition) is 2. The number of sulfonamides is 1. The van der Waals surface area contributed by atoms with Crippen LogP contribution < -0.4 is 10.6 Å². The molecular weight excluding hydrogens is 396 g/mol. The summed E-state index contributed by atoms with van der Waals surface area (Å²) in [5.41, 5.74) is 0.824. The molecule has 2 aromatic rings. The van der Waals surface area contributed by atoms with Gasteiger partial charge in [0, 0.05) is 24.7 Å². The Morgan fingerprint density at radius 2 is 1.83 bits per heavy atom. The summed E-state index contributed by atoms with van der Waals surface area (Å²) in [6, 6.07) is 8.50. The van der Waals surface area contributed by atoms with Crippen molar-refractivity contribution in [3.05, 3.63) is 47.3 Å². The molecule has 0 atom stereocenters. The number of nitrogens with one attached hydrogen (secondary N) is 2. The van der Waals surface area contributed by atoms with Crippen molar-refractivity contribution in [3.63, 3.8) is 0 Å². The third-order valence-corrected chi connectivity index (χ3v) is 6.97. The van der Waals surface area contributed by atoms with Gasteiger partial charge in [0.15, 0.2) is 5.76 Å². The second-order valence-corrected chi connectivity index (χ2v) is 8.82. The van der Waals surface area contributed by atoms with Crippen LogP contribution in [0.4, 0.5) is 0 Å². The average Bonchev–Trinajstić information content (AvgIpc) is 3.06. The highest BCUT2D eigenvalue weighted by Gasteiger charge is 2.34. The number of carbonyl (C=O) groups excluding carboxylic acids is 2. The van der Waals surface area contributed by atoms with Crippen LogP contribution in [0.25, 0.3) is 0 Å². The van der Waals surface area contributed by atoms with Crippen molar-refractivity contribution < 1.29 is 22.5 Å². The number of carbonyl (C=O) groups is 2. The zero-order chi connectivity index (χ0) is 21.0. The molecule has 0 bridgehead atoms. The molecule has 1 aromatic carbocycles. The van der Waals surface area contributed by atoms with E-state index >= 15 is 0 Å². The molecule has 1 aliphatic heterocycles. The maximum Gasteiger partial charge on any atom is 0.251 e. The molecule has 2 N–H and O–H groups in total. The van der Waals surface area contributed by atoms with Gasteiger partial charge in [-0.2, -0.15) is 4.31 Å². The second kappa shape index (κ2) is 8.75. The van der Waals surface area contributed by atoms with Crippen molar-refractivity contribution in [1.29, 1.82) is 0 Å².